The molecule has 0 atom stereocenters. The highest BCUT2D eigenvalue weighted by atomic mass is 16.5. The van der Waals surface area contributed by atoms with Crippen molar-refractivity contribution in [3.63, 3.8) is 0 Å². The molecule has 9 aromatic carbocycles. The van der Waals surface area contributed by atoms with Crippen molar-refractivity contribution in [3.8, 4) is 22.9 Å². The van der Waals surface area contributed by atoms with E-state index in [0.29, 0.717) is 0 Å². The Hall–Kier alpha value is -8.22. The summed E-state index contributed by atoms with van der Waals surface area (Å²) in [6.07, 6.45) is 0. The maximum Gasteiger partial charge on any atom is 0.256 e. The molecule has 2 aliphatic rings. The second-order valence-corrected chi connectivity index (χ2v) is 16.6. The Morgan fingerprint density at radius 1 is 0.397 bits per heavy atom. The molecule has 11 aromatic rings. The van der Waals surface area contributed by atoms with Gasteiger partial charge in [-0.15, -0.1) is 0 Å². The third-order valence-electron chi connectivity index (χ3n) is 12.9. The Morgan fingerprint density at radius 2 is 0.937 bits per heavy atom. The summed E-state index contributed by atoms with van der Waals surface area (Å²) in [5.41, 5.74) is 18.4. The number of ether oxygens (including phenoxy) is 1. The Balaban J connectivity index is 1.06. The molecule has 4 heterocycles. The lowest BCUT2D eigenvalue weighted by atomic mass is 9.34. The van der Waals surface area contributed by atoms with Crippen molar-refractivity contribution in [3.05, 3.63) is 224 Å². The number of aromatic nitrogens is 2. The van der Waals surface area contributed by atoms with Crippen LogP contribution >= 0.6 is 0 Å². The lowest BCUT2D eigenvalue weighted by molar-refractivity contribution is 0.487. The standard InChI is InChI=1S/C57H39BN4O/c1-38-34-51-54-53(35-38)63-52-37-45(60(41-22-11-4-12-23-41)42-24-13-5-14-25-42)31-33-48(52)58(54)49-29-17-28-47-55(49)62(51)56-46-32-30-44(36-50(46)61(57(47)56)43-26-15-6-16-27-43)59(39-18-7-2-8-19-39)40-20-9-3-10-21-40/h2-37H,1H3. The van der Waals surface area contributed by atoms with Crippen molar-refractivity contribution in [1.29, 1.82) is 0 Å². The zero-order valence-corrected chi connectivity index (χ0v) is 34.6. The minimum atomic E-state index is -0.0150. The molecule has 0 aliphatic carbocycles. The quantitative estimate of drug-likeness (QED) is 0.150. The molecule has 0 N–H and O–H groups in total. The van der Waals surface area contributed by atoms with Crippen molar-refractivity contribution in [2.75, 3.05) is 9.80 Å². The monoisotopic (exact) mass is 806 g/mol. The van der Waals surface area contributed by atoms with Gasteiger partial charge in [0, 0.05) is 62.3 Å². The van der Waals surface area contributed by atoms with E-state index in [0.717, 1.165) is 62.4 Å². The Labute approximate surface area is 366 Å². The van der Waals surface area contributed by atoms with E-state index in [2.05, 4.69) is 244 Å². The van der Waals surface area contributed by atoms with E-state index in [9.17, 15) is 0 Å². The molecule has 0 unspecified atom stereocenters. The molecule has 0 amide bonds. The Kier molecular flexibility index (Phi) is 7.85. The van der Waals surface area contributed by atoms with Gasteiger partial charge in [-0.3, -0.25) is 0 Å². The molecule has 2 aliphatic heterocycles. The molecule has 0 bridgehead atoms. The first-order valence-electron chi connectivity index (χ1n) is 21.6. The number of benzene rings is 9. The number of fused-ring (bicyclic) bond motifs is 9. The van der Waals surface area contributed by atoms with Gasteiger partial charge in [0.1, 0.15) is 11.5 Å². The molecule has 13 rings (SSSR count). The molecule has 296 valence electrons. The van der Waals surface area contributed by atoms with Gasteiger partial charge in [0.2, 0.25) is 0 Å². The summed E-state index contributed by atoms with van der Waals surface area (Å²) < 4.78 is 12.1. The first-order chi connectivity index (χ1) is 31.2. The van der Waals surface area contributed by atoms with Gasteiger partial charge in [-0.2, -0.15) is 0 Å². The molecule has 0 spiro atoms. The molecular weight excluding hydrogens is 767 g/mol. The first kappa shape index (κ1) is 35.5. The van der Waals surface area contributed by atoms with E-state index in [4.69, 9.17) is 4.74 Å². The van der Waals surface area contributed by atoms with Crippen LogP contribution in [-0.4, -0.2) is 15.8 Å². The van der Waals surface area contributed by atoms with Crippen LogP contribution in [0.5, 0.6) is 11.5 Å². The maximum absolute atomic E-state index is 7.10. The maximum atomic E-state index is 7.10. The summed E-state index contributed by atoms with van der Waals surface area (Å²) in [5, 5.41) is 2.42. The normalized spacial score (nSPS) is 12.3. The number of anilines is 6. The van der Waals surface area contributed by atoms with Crippen molar-refractivity contribution in [2.45, 2.75) is 6.92 Å². The second-order valence-electron chi connectivity index (χ2n) is 16.6. The lowest BCUT2D eigenvalue weighted by Crippen LogP contribution is -2.58. The summed E-state index contributed by atoms with van der Waals surface area (Å²) >= 11 is 0. The van der Waals surface area contributed by atoms with Gasteiger partial charge in [0.05, 0.1) is 22.1 Å². The van der Waals surface area contributed by atoms with Crippen LogP contribution in [0.15, 0.2) is 218 Å². The van der Waals surface area contributed by atoms with Crippen LogP contribution in [0, 0.1) is 6.92 Å². The van der Waals surface area contributed by atoms with Crippen LogP contribution in [0.1, 0.15) is 5.56 Å². The van der Waals surface area contributed by atoms with Crippen molar-refractivity contribution in [1.82, 2.24) is 9.13 Å². The van der Waals surface area contributed by atoms with Gasteiger partial charge in [0.25, 0.3) is 6.71 Å². The SMILES string of the molecule is Cc1cc2c3c(c1)-n1c4c(cccc4c4c1c1ccc(N(c5ccccc5)c5ccccc5)cc1n4-c1ccccc1)B3c1ccc(N(c3ccccc3)c3ccccc3)cc1O2. The first-order valence-corrected chi connectivity index (χ1v) is 21.6. The minimum absolute atomic E-state index is 0.0150. The minimum Gasteiger partial charge on any atom is -0.458 e. The highest BCUT2D eigenvalue weighted by Crippen LogP contribution is 2.46. The van der Waals surface area contributed by atoms with E-state index >= 15 is 0 Å². The average Bonchev–Trinajstić information content (AvgIpc) is 3.85. The van der Waals surface area contributed by atoms with Crippen LogP contribution in [-0.2, 0) is 0 Å². The number of para-hydroxylation sites is 6. The Morgan fingerprint density at radius 3 is 1.54 bits per heavy atom. The van der Waals surface area contributed by atoms with E-state index in [1.807, 2.05) is 0 Å². The van der Waals surface area contributed by atoms with Crippen LogP contribution in [0.2, 0.25) is 0 Å². The van der Waals surface area contributed by atoms with Crippen LogP contribution < -0.4 is 30.9 Å². The van der Waals surface area contributed by atoms with Crippen molar-refractivity contribution >= 4 is 90.1 Å². The second kappa shape index (κ2) is 13.9. The highest BCUT2D eigenvalue weighted by Gasteiger charge is 2.41. The van der Waals surface area contributed by atoms with Crippen LogP contribution in [0.3, 0.4) is 0 Å². The van der Waals surface area contributed by atoms with Gasteiger partial charge in [-0.1, -0.05) is 115 Å². The number of rotatable bonds is 7. The predicted molar refractivity (Wildman–Crippen MR) is 263 cm³/mol. The molecule has 0 saturated heterocycles. The van der Waals surface area contributed by atoms with Gasteiger partial charge < -0.3 is 23.7 Å². The molecule has 6 heteroatoms. The third kappa shape index (κ3) is 5.38. The molecule has 0 saturated carbocycles. The van der Waals surface area contributed by atoms with E-state index in [1.165, 1.54) is 49.4 Å². The number of nitrogens with zero attached hydrogens (tertiary/aromatic N) is 4. The summed E-state index contributed by atoms with van der Waals surface area (Å²) in [5.74, 6) is 1.79. The Bertz CT molecular complexity index is 3470. The molecule has 0 radical (unpaired) electrons. The molecule has 63 heavy (non-hydrogen) atoms. The number of aryl methyl sites for hydroxylation is 1. The fraction of sp³-hybridized carbons (Fsp3) is 0.0175. The van der Waals surface area contributed by atoms with Crippen LogP contribution in [0.25, 0.3) is 44.2 Å². The van der Waals surface area contributed by atoms with Gasteiger partial charge in [-0.05, 0) is 126 Å². The van der Waals surface area contributed by atoms with E-state index in [-0.39, 0.29) is 6.71 Å². The van der Waals surface area contributed by atoms with Gasteiger partial charge >= 0.3 is 0 Å². The topological polar surface area (TPSA) is 25.6 Å². The fourth-order valence-corrected chi connectivity index (χ4v) is 10.4. The fourth-order valence-electron chi connectivity index (χ4n) is 10.4. The summed E-state index contributed by atoms with van der Waals surface area (Å²) in [7, 11) is 0. The highest BCUT2D eigenvalue weighted by molar-refractivity contribution is 6.99. The summed E-state index contributed by atoms with van der Waals surface area (Å²) in [6, 6.07) is 78.6. The van der Waals surface area contributed by atoms with Crippen molar-refractivity contribution < 1.29 is 4.74 Å². The number of hydrogen-bond donors (Lipinski definition) is 0. The molecular formula is C57H39BN4O. The molecule has 2 aromatic heterocycles. The molecule has 5 nitrogen and oxygen atoms in total. The number of hydrogen-bond acceptors (Lipinski definition) is 3. The zero-order valence-electron chi connectivity index (χ0n) is 34.6. The summed E-state index contributed by atoms with van der Waals surface area (Å²) in [6.45, 7) is 2.17. The van der Waals surface area contributed by atoms with Crippen molar-refractivity contribution in [2.24, 2.45) is 0 Å². The summed E-state index contributed by atoms with van der Waals surface area (Å²) in [4.78, 5) is 4.65. The predicted octanol–water partition coefficient (Wildman–Crippen LogP) is 12.9. The average molecular weight is 807 g/mol. The zero-order chi connectivity index (χ0) is 41.6. The van der Waals surface area contributed by atoms with E-state index < -0.39 is 0 Å². The van der Waals surface area contributed by atoms with Gasteiger partial charge in [0.15, 0.2) is 0 Å². The lowest BCUT2D eigenvalue weighted by Gasteiger charge is -2.34. The smallest absolute Gasteiger partial charge is 0.256 e. The van der Waals surface area contributed by atoms with Crippen LogP contribution in [0.4, 0.5) is 34.1 Å². The molecule has 0 fully saturated rings. The van der Waals surface area contributed by atoms with Gasteiger partial charge in [-0.25, -0.2) is 0 Å². The van der Waals surface area contributed by atoms with E-state index in [1.54, 1.807) is 0 Å². The largest absolute Gasteiger partial charge is 0.458 e. The third-order valence-corrected chi connectivity index (χ3v) is 12.9.